The van der Waals surface area contributed by atoms with Crippen LogP contribution in [-0.4, -0.2) is 26.1 Å². The zero-order valence-electron chi connectivity index (χ0n) is 18.9. The molecule has 3 aromatic rings. The van der Waals surface area contributed by atoms with Crippen molar-refractivity contribution in [2.45, 2.75) is 43.4 Å². The van der Waals surface area contributed by atoms with Gasteiger partial charge < -0.3 is 9.47 Å². The Kier molecular flexibility index (Phi) is 5.88. The molecule has 0 amide bonds. The summed E-state index contributed by atoms with van der Waals surface area (Å²) in [5.41, 5.74) is 1.30. The fourth-order valence-electron chi connectivity index (χ4n) is 4.79. The van der Waals surface area contributed by atoms with E-state index in [9.17, 15) is 13.2 Å². The Morgan fingerprint density at radius 1 is 1.06 bits per heavy atom. The van der Waals surface area contributed by atoms with Crippen molar-refractivity contribution in [3.8, 4) is 0 Å². The molecule has 1 saturated heterocycles. The van der Waals surface area contributed by atoms with Gasteiger partial charge >= 0.3 is 0 Å². The van der Waals surface area contributed by atoms with E-state index < -0.39 is 21.1 Å². The summed E-state index contributed by atoms with van der Waals surface area (Å²) in [4.78, 5) is 14.9. The summed E-state index contributed by atoms with van der Waals surface area (Å²) >= 11 is 0. The van der Waals surface area contributed by atoms with Gasteiger partial charge in [0.1, 0.15) is 10.7 Å². The second kappa shape index (κ2) is 8.35. The summed E-state index contributed by atoms with van der Waals surface area (Å²) < 4.78 is 43.2. The molecule has 0 saturated carbocycles. The predicted octanol–water partition coefficient (Wildman–Crippen LogP) is 4.56. The summed E-state index contributed by atoms with van der Waals surface area (Å²) in [7, 11) is -2.35. The van der Waals surface area contributed by atoms with E-state index in [1.165, 1.54) is 24.4 Å². The lowest BCUT2D eigenvalue weighted by Crippen LogP contribution is -2.39. The first-order valence-corrected chi connectivity index (χ1v) is 12.5. The summed E-state index contributed by atoms with van der Waals surface area (Å²) in [6.45, 7) is 7.79. The van der Waals surface area contributed by atoms with Crippen molar-refractivity contribution in [3.05, 3.63) is 64.2 Å². The number of aromatic nitrogens is 1. The molecular formula is C25H29FN2O3S. The number of aryl methyl sites for hydroxylation is 2. The molecule has 170 valence electrons. The number of hydrogen-bond donors (Lipinski definition) is 0. The van der Waals surface area contributed by atoms with Gasteiger partial charge in [-0.05, 0) is 54.5 Å². The van der Waals surface area contributed by atoms with Crippen molar-refractivity contribution in [1.29, 1.82) is 0 Å². The molecule has 5 nitrogen and oxygen atoms in total. The molecule has 1 aliphatic rings. The third kappa shape index (κ3) is 3.94. The highest BCUT2D eigenvalue weighted by molar-refractivity contribution is 7.91. The van der Waals surface area contributed by atoms with Crippen LogP contribution in [0.4, 0.5) is 10.1 Å². The van der Waals surface area contributed by atoms with E-state index in [1.54, 1.807) is 29.8 Å². The number of fused-ring (bicyclic) bond motifs is 1. The minimum absolute atomic E-state index is 0.0551. The Labute approximate surface area is 188 Å². The van der Waals surface area contributed by atoms with Crippen molar-refractivity contribution >= 4 is 26.4 Å². The Morgan fingerprint density at radius 2 is 1.69 bits per heavy atom. The first-order chi connectivity index (χ1) is 15.1. The van der Waals surface area contributed by atoms with Gasteiger partial charge in [0.15, 0.2) is 0 Å². The van der Waals surface area contributed by atoms with Crippen LogP contribution in [0.25, 0.3) is 10.9 Å². The highest BCUT2D eigenvalue weighted by Crippen LogP contribution is 2.31. The van der Waals surface area contributed by atoms with Gasteiger partial charge in [0.25, 0.3) is 0 Å². The van der Waals surface area contributed by atoms with E-state index in [4.69, 9.17) is 0 Å². The predicted molar refractivity (Wildman–Crippen MR) is 126 cm³/mol. The van der Waals surface area contributed by atoms with Crippen LogP contribution in [0.1, 0.15) is 32.8 Å². The Bertz CT molecular complexity index is 1320. The Morgan fingerprint density at radius 3 is 2.28 bits per heavy atom. The van der Waals surface area contributed by atoms with E-state index in [1.807, 2.05) is 11.8 Å². The van der Waals surface area contributed by atoms with Gasteiger partial charge in [0.05, 0.1) is 21.5 Å². The highest BCUT2D eigenvalue weighted by atomic mass is 32.2. The molecule has 2 atom stereocenters. The van der Waals surface area contributed by atoms with Crippen LogP contribution in [0.5, 0.6) is 0 Å². The van der Waals surface area contributed by atoms with Crippen LogP contribution < -0.4 is 10.3 Å². The van der Waals surface area contributed by atoms with Gasteiger partial charge in [-0.2, -0.15) is 0 Å². The van der Waals surface area contributed by atoms with E-state index in [0.717, 1.165) is 31.5 Å². The number of anilines is 1. The summed E-state index contributed by atoms with van der Waals surface area (Å²) in [6, 6.07) is 9.37. The number of rotatable bonds is 4. The fraction of sp³-hybridized carbons (Fsp3) is 0.400. The molecule has 0 aliphatic carbocycles. The first kappa shape index (κ1) is 22.5. The van der Waals surface area contributed by atoms with Crippen molar-refractivity contribution < 1.29 is 12.8 Å². The third-order valence-electron chi connectivity index (χ3n) is 6.37. The van der Waals surface area contributed by atoms with Crippen LogP contribution in [-0.2, 0) is 23.3 Å². The zero-order valence-corrected chi connectivity index (χ0v) is 19.7. The number of pyridine rings is 1. The molecule has 1 aromatic heterocycles. The minimum Gasteiger partial charge on any atom is -0.369 e. The topological polar surface area (TPSA) is 59.4 Å². The number of hydrogen-bond acceptors (Lipinski definition) is 4. The molecule has 32 heavy (non-hydrogen) atoms. The lowest BCUT2D eigenvalue weighted by molar-refractivity contribution is 0.354. The molecule has 4 rings (SSSR count). The van der Waals surface area contributed by atoms with Crippen LogP contribution in [0, 0.1) is 17.7 Å². The molecule has 0 radical (unpaired) electrons. The van der Waals surface area contributed by atoms with E-state index >= 15 is 4.39 Å². The standard InChI is InChI=1S/C25H29FN2O3S/c1-5-18-6-8-19(9-7-18)32(30,31)24-15-27(4)22-12-23(21(26)11-20(22)25(24)29)28-13-16(2)10-17(3)14-28/h6-9,11-12,15-17H,5,10,13-14H2,1-4H3/t16-,17-/m0/s1. The van der Waals surface area contributed by atoms with Crippen molar-refractivity contribution in [3.63, 3.8) is 0 Å². The molecule has 7 heteroatoms. The maximum Gasteiger partial charge on any atom is 0.211 e. The van der Waals surface area contributed by atoms with E-state index in [2.05, 4.69) is 13.8 Å². The lowest BCUT2D eigenvalue weighted by Gasteiger charge is -2.36. The molecule has 2 heterocycles. The molecular weight excluding hydrogens is 427 g/mol. The van der Waals surface area contributed by atoms with Gasteiger partial charge in [-0.1, -0.05) is 32.9 Å². The first-order valence-electron chi connectivity index (χ1n) is 11.0. The average Bonchev–Trinajstić information content (AvgIpc) is 2.75. The SMILES string of the molecule is CCc1ccc(S(=O)(=O)c2cn(C)c3cc(N4C[C@@H](C)C[C@H](C)C4)c(F)cc3c2=O)cc1. The zero-order chi connectivity index (χ0) is 23.2. The number of nitrogens with zero attached hydrogens (tertiary/aromatic N) is 2. The molecule has 1 aliphatic heterocycles. The normalized spacial score (nSPS) is 19.5. The third-order valence-corrected chi connectivity index (χ3v) is 8.13. The van der Waals surface area contributed by atoms with Crippen molar-refractivity contribution in [1.82, 2.24) is 4.57 Å². The summed E-state index contributed by atoms with van der Waals surface area (Å²) in [5.74, 6) is 0.395. The molecule has 0 spiro atoms. The van der Waals surface area contributed by atoms with Gasteiger partial charge in [0, 0.05) is 26.3 Å². The quantitative estimate of drug-likeness (QED) is 0.578. The van der Waals surface area contributed by atoms with Gasteiger partial charge in [-0.3, -0.25) is 4.79 Å². The largest absolute Gasteiger partial charge is 0.369 e. The maximum atomic E-state index is 15.2. The second-order valence-electron chi connectivity index (χ2n) is 9.11. The lowest BCUT2D eigenvalue weighted by atomic mass is 9.91. The van der Waals surface area contributed by atoms with Gasteiger partial charge in [0.2, 0.25) is 15.3 Å². The van der Waals surface area contributed by atoms with Crippen molar-refractivity contribution in [2.75, 3.05) is 18.0 Å². The van der Waals surface area contributed by atoms with E-state index in [-0.39, 0.29) is 15.2 Å². The van der Waals surface area contributed by atoms with Crippen LogP contribution in [0.3, 0.4) is 0 Å². The van der Waals surface area contributed by atoms with E-state index in [0.29, 0.717) is 23.0 Å². The molecule has 0 N–H and O–H groups in total. The number of benzene rings is 2. The molecule has 2 aromatic carbocycles. The maximum absolute atomic E-state index is 15.2. The molecule has 1 fully saturated rings. The Balaban J connectivity index is 1.84. The van der Waals surface area contributed by atoms with Gasteiger partial charge in [-0.15, -0.1) is 0 Å². The monoisotopic (exact) mass is 456 g/mol. The number of sulfone groups is 1. The highest BCUT2D eigenvalue weighted by Gasteiger charge is 2.27. The molecule has 0 bridgehead atoms. The van der Waals surface area contributed by atoms with Crippen LogP contribution in [0.15, 0.2) is 57.2 Å². The number of halogens is 1. The van der Waals surface area contributed by atoms with Crippen LogP contribution in [0.2, 0.25) is 0 Å². The average molecular weight is 457 g/mol. The van der Waals surface area contributed by atoms with Crippen LogP contribution >= 0.6 is 0 Å². The Hall–Kier alpha value is -2.67. The fourth-order valence-corrected chi connectivity index (χ4v) is 6.19. The summed E-state index contributed by atoms with van der Waals surface area (Å²) in [5, 5.41) is 0.0677. The van der Waals surface area contributed by atoms with Crippen molar-refractivity contribution in [2.24, 2.45) is 18.9 Å². The summed E-state index contributed by atoms with van der Waals surface area (Å²) in [6.07, 6.45) is 3.23. The second-order valence-corrected chi connectivity index (χ2v) is 11.0. The minimum atomic E-state index is -4.03. The molecule has 0 unspecified atom stereocenters. The smallest absolute Gasteiger partial charge is 0.211 e. The van der Waals surface area contributed by atoms with Gasteiger partial charge in [-0.25, -0.2) is 12.8 Å². The number of piperidine rings is 1.